The highest BCUT2D eigenvalue weighted by molar-refractivity contribution is 6.31. The highest BCUT2D eigenvalue weighted by Gasteiger charge is 2.38. The van der Waals surface area contributed by atoms with Gasteiger partial charge >= 0.3 is 0 Å². The van der Waals surface area contributed by atoms with Crippen LogP contribution in [0.2, 0.25) is 5.02 Å². The Hall–Kier alpha value is -5.08. The Morgan fingerprint density at radius 1 is 0.940 bits per heavy atom. The van der Waals surface area contributed by atoms with Crippen molar-refractivity contribution in [2.24, 2.45) is 28.5 Å². The fraction of sp³-hybridized carbons (Fsp3) is 0.268. The van der Waals surface area contributed by atoms with E-state index >= 15 is 0 Å². The predicted molar refractivity (Wildman–Crippen MR) is 196 cm³/mol. The number of anilines is 1. The second-order valence-corrected chi connectivity index (χ2v) is 13.5. The van der Waals surface area contributed by atoms with Crippen LogP contribution in [0.25, 0.3) is 11.1 Å². The molecule has 1 unspecified atom stereocenters. The number of rotatable bonds is 12. The Morgan fingerprint density at radius 2 is 1.64 bits per heavy atom. The maximum Gasteiger partial charge on any atom is 0.272 e. The minimum atomic E-state index is -1.28. The second-order valence-electron chi connectivity index (χ2n) is 13.1. The van der Waals surface area contributed by atoms with Gasteiger partial charge in [-0.15, -0.1) is 6.58 Å². The van der Waals surface area contributed by atoms with Gasteiger partial charge in [0.2, 0.25) is 18.0 Å². The lowest BCUT2D eigenvalue weighted by Gasteiger charge is -2.29. The summed E-state index contributed by atoms with van der Waals surface area (Å²) in [7, 11) is 0. The molecule has 0 aromatic heterocycles. The first-order valence-electron chi connectivity index (χ1n) is 17.0. The molecule has 256 valence electrons. The van der Waals surface area contributed by atoms with E-state index in [0.29, 0.717) is 17.8 Å². The van der Waals surface area contributed by atoms with Gasteiger partial charge in [0.25, 0.3) is 5.91 Å². The van der Waals surface area contributed by atoms with Crippen molar-refractivity contribution in [2.75, 3.05) is 4.90 Å². The molecule has 3 N–H and O–H groups in total. The monoisotopic (exact) mass is 690 g/mol. The molecule has 0 saturated heterocycles. The number of fused-ring (bicyclic) bond motifs is 1. The van der Waals surface area contributed by atoms with Crippen molar-refractivity contribution >= 4 is 40.7 Å². The molecular weight excluding hydrogens is 651 g/mol. The van der Waals surface area contributed by atoms with Crippen LogP contribution in [-0.2, 0) is 20.9 Å². The van der Waals surface area contributed by atoms with Gasteiger partial charge in [-0.25, -0.2) is 9.38 Å². The second kappa shape index (κ2) is 15.6. The maximum absolute atomic E-state index is 14.7. The summed E-state index contributed by atoms with van der Waals surface area (Å²) in [4.78, 5) is 48.3. The van der Waals surface area contributed by atoms with Gasteiger partial charge in [0.05, 0.1) is 34.8 Å². The average Bonchev–Trinajstić information content (AvgIpc) is 3.62. The van der Waals surface area contributed by atoms with E-state index in [4.69, 9.17) is 22.3 Å². The van der Waals surface area contributed by atoms with Crippen molar-refractivity contribution in [3.63, 3.8) is 0 Å². The van der Waals surface area contributed by atoms with E-state index in [9.17, 15) is 18.8 Å². The van der Waals surface area contributed by atoms with Crippen LogP contribution in [0, 0.1) is 23.6 Å². The number of para-hydroxylation sites is 1. The summed E-state index contributed by atoms with van der Waals surface area (Å²) in [6, 6.07) is 29.2. The molecule has 9 heteroatoms. The third kappa shape index (κ3) is 7.71. The Labute approximate surface area is 297 Å². The van der Waals surface area contributed by atoms with Crippen molar-refractivity contribution < 1.29 is 18.8 Å². The van der Waals surface area contributed by atoms with E-state index in [-0.39, 0.29) is 23.9 Å². The minimum absolute atomic E-state index is 0.0200. The van der Waals surface area contributed by atoms with Gasteiger partial charge in [-0.05, 0) is 59.7 Å². The maximum atomic E-state index is 14.7. The molecule has 3 amide bonds. The van der Waals surface area contributed by atoms with E-state index in [1.54, 1.807) is 23.1 Å². The molecule has 1 aliphatic carbocycles. The first-order valence-corrected chi connectivity index (χ1v) is 17.4. The predicted octanol–water partition coefficient (Wildman–Crippen LogP) is 7.85. The van der Waals surface area contributed by atoms with Crippen molar-refractivity contribution in [1.29, 1.82) is 0 Å². The molecule has 1 saturated carbocycles. The van der Waals surface area contributed by atoms with Crippen molar-refractivity contribution in [3.8, 4) is 11.1 Å². The number of nitrogens with zero attached hydrogens (tertiary/aromatic N) is 2. The van der Waals surface area contributed by atoms with Gasteiger partial charge in [-0.2, -0.15) is 0 Å². The third-order valence-electron chi connectivity index (χ3n) is 9.73. The summed E-state index contributed by atoms with van der Waals surface area (Å²) in [5.41, 5.74) is 10.9. The molecule has 1 aliphatic heterocycles. The summed E-state index contributed by atoms with van der Waals surface area (Å²) in [6.45, 7) is 3.96. The van der Waals surface area contributed by atoms with Crippen LogP contribution in [-0.4, -0.2) is 29.6 Å². The van der Waals surface area contributed by atoms with Gasteiger partial charge in [0.15, 0.2) is 0 Å². The Kier molecular flexibility index (Phi) is 10.9. The van der Waals surface area contributed by atoms with Gasteiger partial charge in [-0.1, -0.05) is 116 Å². The lowest BCUT2D eigenvalue weighted by molar-refractivity contribution is -0.135. The number of nitrogens with one attached hydrogen (secondary N) is 1. The molecule has 3 atom stereocenters. The average molecular weight is 691 g/mol. The Morgan fingerprint density at radius 3 is 2.36 bits per heavy atom. The first-order chi connectivity index (χ1) is 24.2. The van der Waals surface area contributed by atoms with E-state index in [2.05, 4.69) is 11.9 Å². The van der Waals surface area contributed by atoms with Gasteiger partial charge in [0, 0.05) is 11.1 Å². The Balaban J connectivity index is 1.40. The molecule has 50 heavy (non-hydrogen) atoms. The summed E-state index contributed by atoms with van der Waals surface area (Å²) in [6.07, 6.45) is 5.19. The summed E-state index contributed by atoms with van der Waals surface area (Å²) >= 11 is 6.09. The fourth-order valence-electron chi connectivity index (χ4n) is 7.18. The van der Waals surface area contributed by atoms with Crippen LogP contribution in [0.15, 0.2) is 115 Å². The van der Waals surface area contributed by atoms with Crippen LogP contribution >= 0.6 is 11.6 Å². The number of benzene rings is 4. The van der Waals surface area contributed by atoms with E-state index in [1.807, 2.05) is 78.9 Å². The number of hydrogen-bond donors (Lipinski definition) is 2. The number of benzodiazepines with no additional fused rings is 1. The lowest BCUT2D eigenvalue weighted by Crippen LogP contribution is -2.50. The molecule has 0 spiro atoms. The Bertz CT molecular complexity index is 1920. The van der Waals surface area contributed by atoms with Crippen molar-refractivity contribution in [3.05, 3.63) is 137 Å². The number of primary amides is 1. The zero-order chi connectivity index (χ0) is 35.2. The minimum Gasteiger partial charge on any atom is -0.369 e. The third-order valence-corrected chi connectivity index (χ3v) is 10.0. The largest absolute Gasteiger partial charge is 0.369 e. The van der Waals surface area contributed by atoms with E-state index in [0.717, 1.165) is 53.5 Å². The van der Waals surface area contributed by atoms with E-state index in [1.165, 1.54) is 6.07 Å². The van der Waals surface area contributed by atoms with E-state index < -0.39 is 41.5 Å². The topological polar surface area (TPSA) is 105 Å². The number of carbonyl (C=O) groups is 3. The molecule has 0 bridgehead atoms. The first kappa shape index (κ1) is 34.8. The highest BCUT2D eigenvalue weighted by Crippen LogP contribution is 2.35. The smallest absolute Gasteiger partial charge is 0.272 e. The molecular formula is C41H40ClFN4O3. The molecule has 6 rings (SSSR count). The lowest BCUT2D eigenvalue weighted by atomic mass is 9.80. The molecule has 4 aromatic rings. The number of carbonyl (C=O) groups excluding carboxylic acids is 3. The zero-order valence-corrected chi connectivity index (χ0v) is 28.5. The number of amides is 3. The molecule has 1 heterocycles. The molecule has 7 nitrogen and oxygen atoms in total. The van der Waals surface area contributed by atoms with Crippen LogP contribution in [0.1, 0.15) is 55.2 Å². The number of halogens is 2. The molecule has 0 radical (unpaired) electrons. The number of nitrogens with two attached hydrogens (primary N) is 1. The van der Waals surface area contributed by atoms with Crippen LogP contribution in [0.5, 0.6) is 0 Å². The van der Waals surface area contributed by atoms with Crippen molar-refractivity contribution in [2.45, 2.75) is 51.2 Å². The van der Waals surface area contributed by atoms with Gasteiger partial charge in [0.1, 0.15) is 5.82 Å². The summed E-state index contributed by atoms with van der Waals surface area (Å²) < 4.78 is 13.9. The summed E-state index contributed by atoms with van der Waals surface area (Å²) in [5, 5.41) is 2.99. The zero-order valence-electron chi connectivity index (χ0n) is 27.7. The highest BCUT2D eigenvalue weighted by atomic mass is 35.5. The number of allylic oxidation sites excluding steroid dienone is 1. The quantitative estimate of drug-likeness (QED) is 0.148. The van der Waals surface area contributed by atoms with Crippen molar-refractivity contribution in [1.82, 2.24) is 5.32 Å². The number of hydrogen-bond acceptors (Lipinski definition) is 4. The molecule has 1 fully saturated rings. The summed E-state index contributed by atoms with van der Waals surface area (Å²) in [5.74, 6) is -3.14. The fourth-order valence-corrected chi connectivity index (χ4v) is 7.36. The van der Waals surface area contributed by atoms with Crippen LogP contribution in [0.3, 0.4) is 0 Å². The molecule has 2 aliphatic rings. The van der Waals surface area contributed by atoms with Crippen LogP contribution in [0.4, 0.5) is 10.1 Å². The SMILES string of the molecule is C=CC[C@H](C(N)=O)[C@@H](CC1CCCC1)C(=O)NC1N=C(c2ccccc2)c2ccccc2N(Cc2cccc(-c3ccc(F)c(Cl)c3)c2)C1=O. The number of aliphatic imine (C=N–C) groups is 1. The normalized spacial score (nSPS) is 17.3. The standard InChI is InChI=1S/C41H40ClFN4O3/c1-2-11-31(38(44)48)33(23-26-12-6-7-13-26)40(49)46-39-41(50)47(25-27-14-10-17-29(22-27)30-20-21-35(43)34(42)24-30)36-19-9-8-18-32(36)37(45-39)28-15-4-3-5-16-28/h2-5,8-10,14-22,24,26,31,33,39H,1,6-7,11-13,23,25H2,(H2,44,48)(H,46,49)/t31-,33+,39?/m0/s1. The van der Waals surface area contributed by atoms with Crippen LogP contribution < -0.4 is 16.0 Å². The molecule has 4 aromatic carbocycles. The van der Waals surface area contributed by atoms with Gasteiger partial charge in [-0.3, -0.25) is 14.4 Å². The van der Waals surface area contributed by atoms with Gasteiger partial charge < -0.3 is 16.0 Å².